The zero-order chi connectivity index (χ0) is 11.7. The van der Waals surface area contributed by atoms with E-state index < -0.39 is 0 Å². The number of aryl methyl sites for hydroxylation is 1. The minimum atomic E-state index is -0.371. The van der Waals surface area contributed by atoms with Crippen LogP contribution in [0.1, 0.15) is 15.9 Å². The van der Waals surface area contributed by atoms with Crippen molar-refractivity contribution in [1.82, 2.24) is 9.55 Å². The first-order chi connectivity index (χ1) is 7.69. The quantitative estimate of drug-likeness (QED) is 0.721. The maximum Gasteiger partial charge on any atom is 0.340 e. The number of esters is 1. The van der Waals surface area contributed by atoms with Gasteiger partial charge in [-0.15, -0.1) is 0 Å². The van der Waals surface area contributed by atoms with Crippen molar-refractivity contribution in [3.05, 3.63) is 36.2 Å². The van der Waals surface area contributed by atoms with Crippen LogP contribution in [0.5, 0.6) is 0 Å². The highest BCUT2D eigenvalue weighted by atomic mass is 16.5. The van der Waals surface area contributed by atoms with Gasteiger partial charge in [0.25, 0.3) is 0 Å². The molecule has 0 aliphatic carbocycles. The van der Waals surface area contributed by atoms with Crippen LogP contribution in [0, 0.1) is 0 Å². The summed E-state index contributed by atoms with van der Waals surface area (Å²) in [5.74, 6) is -0.371. The Labute approximate surface area is 93.2 Å². The van der Waals surface area contributed by atoms with Crippen LogP contribution in [-0.4, -0.2) is 22.6 Å². The van der Waals surface area contributed by atoms with E-state index in [4.69, 9.17) is 4.74 Å². The summed E-state index contributed by atoms with van der Waals surface area (Å²) in [6.45, 7) is 3.69. The molecule has 0 aliphatic heterocycles. The maximum absolute atomic E-state index is 11.7. The number of hydrogen-bond acceptors (Lipinski definition) is 3. The normalized spacial score (nSPS) is 10.4. The smallest absolute Gasteiger partial charge is 0.340 e. The summed E-state index contributed by atoms with van der Waals surface area (Å²) in [5.41, 5.74) is 2.80. The van der Waals surface area contributed by atoms with Gasteiger partial charge in [-0.1, -0.05) is 18.7 Å². The first-order valence-corrected chi connectivity index (χ1v) is 4.83. The van der Waals surface area contributed by atoms with E-state index >= 15 is 0 Å². The van der Waals surface area contributed by atoms with Crippen molar-refractivity contribution in [2.45, 2.75) is 0 Å². The molecule has 0 radical (unpaired) electrons. The van der Waals surface area contributed by atoms with E-state index in [1.54, 1.807) is 17.0 Å². The molecule has 82 valence electrons. The van der Waals surface area contributed by atoms with E-state index in [1.165, 1.54) is 7.11 Å². The van der Waals surface area contributed by atoms with E-state index in [-0.39, 0.29) is 5.97 Å². The molecule has 1 heterocycles. The number of imidazole rings is 1. The van der Waals surface area contributed by atoms with Crippen LogP contribution in [0.2, 0.25) is 0 Å². The average Bonchev–Trinajstić information content (AvgIpc) is 2.69. The third kappa shape index (κ3) is 1.39. The summed E-state index contributed by atoms with van der Waals surface area (Å²) in [6, 6.07) is 3.67. The largest absolute Gasteiger partial charge is 0.465 e. The second-order valence-corrected chi connectivity index (χ2v) is 3.45. The van der Waals surface area contributed by atoms with Gasteiger partial charge < -0.3 is 9.30 Å². The van der Waals surface area contributed by atoms with Crippen LogP contribution < -0.4 is 0 Å². The van der Waals surface area contributed by atoms with Crippen LogP contribution in [0.4, 0.5) is 0 Å². The van der Waals surface area contributed by atoms with Gasteiger partial charge >= 0.3 is 5.97 Å². The molecule has 0 spiro atoms. The van der Waals surface area contributed by atoms with Gasteiger partial charge in [0.1, 0.15) is 0 Å². The highest BCUT2D eigenvalue weighted by molar-refractivity contribution is 6.05. The monoisotopic (exact) mass is 216 g/mol. The zero-order valence-electron chi connectivity index (χ0n) is 9.23. The molecule has 0 saturated carbocycles. The molecule has 4 heteroatoms. The van der Waals surface area contributed by atoms with Gasteiger partial charge in [0, 0.05) is 7.05 Å². The van der Waals surface area contributed by atoms with Crippen molar-refractivity contribution in [3.8, 4) is 0 Å². The number of carbonyl (C=O) groups is 1. The molecular formula is C12H12N2O2. The summed E-state index contributed by atoms with van der Waals surface area (Å²) in [7, 11) is 3.21. The summed E-state index contributed by atoms with van der Waals surface area (Å²) in [6.07, 6.45) is 3.31. The number of nitrogens with zero attached hydrogens (tertiary/aromatic N) is 2. The van der Waals surface area contributed by atoms with Gasteiger partial charge in [0.15, 0.2) is 0 Å². The lowest BCUT2D eigenvalue weighted by atomic mass is 10.1. The molecular weight excluding hydrogens is 204 g/mol. The fraction of sp³-hybridized carbons (Fsp3) is 0.167. The fourth-order valence-corrected chi connectivity index (χ4v) is 1.75. The minimum absolute atomic E-state index is 0.371. The molecule has 0 aliphatic rings. The number of rotatable bonds is 2. The molecule has 0 bridgehead atoms. The van der Waals surface area contributed by atoms with Crippen molar-refractivity contribution in [2.24, 2.45) is 7.05 Å². The standard InChI is InChI=1S/C12H12N2O2/c1-4-8-5-6-9-11(14(2)7-13-9)10(8)12(15)16-3/h4-7H,1H2,2-3H3. The van der Waals surface area contributed by atoms with Gasteiger partial charge in [0.2, 0.25) is 0 Å². The Kier molecular flexibility index (Phi) is 2.48. The minimum Gasteiger partial charge on any atom is -0.465 e. The van der Waals surface area contributed by atoms with Crippen molar-refractivity contribution in [1.29, 1.82) is 0 Å². The number of hydrogen-bond donors (Lipinski definition) is 0. The summed E-state index contributed by atoms with van der Waals surface area (Å²) in [4.78, 5) is 15.9. The van der Waals surface area contributed by atoms with Crippen molar-refractivity contribution >= 4 is 23.1 Å². The van der Waals surface area contributed by atoms with E-state index in [0.29, 0.717) is 5.56 Å². The third-order valence-electron chi connectivity index (χ3n) is 2.52. The number of carbonyl (C=O) groups excluding carboxylic acids is 1. The Morgan fingerprint density at radius 2 is 2.31 bits per heavy atom. The van der Waals surface area contributed by atoms with E-state index in [2.05, 4.69) is 11.6 Å². The first kappa shape index (κ1) is 10.4. The highest BCUT2D eigenvalue weighted by Crippen LogP contribution is 2.22. The second kappa shape index (κ2) is 3.81. The van der Waals surface area contributed by atoms with Gasteiger partial charge in [-0.2, -0.15) is 0 Å². The van der Waals surface area contributed by atoms with Crippen LogP contribution in [0.25, 0.3) is 17.1 Å². The molecule has 0 fully saturated rings. The molecule has 0 atom stereocenters. The van der Waals surface area contributed by atoms with Crippen molar-refractivity contribution in [2.75, 3.05) is 7.11 Å². The van der Waals surface area contributed by atoms with Crippen LogP contribution in [-0.2, 0) is 11.8 Å². The van der Waals surface area contributed by atoms with E-state index in [0.717, 1.165) is 16.6 Å². The molecule has 2 aromatic rings. The second-order valence-electron chi connectivity index (χ2n) is 3.45. The third-order valence-corrected chi connectivity index (χ3v) is 2.52. The molecule has 16 heavy (non-hydrogen) atoms. The molecule has 4 nitrogen and oxygen atoms in total. The molecule has 0 amide bonds. The Balaban J connectivity index is 2.87. The molecule has 0 unspecified atom stereocenters. The Morgan fingerprint density at radius 1 is 1.56 bits per heavy atom. The van der Waals surface area contributed by atoms with Gasteiger partial charge in [-0.05, 0) is 11.6 Å². The Bertz CT molecular complexity index is 570. The SMILES string of the molecule is C=Cc1ccc2ncn(C)c2c1C(=O)OC. The van der Waals surface area contributed by atoms with Crippen molar-refractivity contribution < 1.29 is 9.53 Å². The molecule has 2 rings (SSSR count). The number of benzene rings is 1. The molecule has 1 aromatic carbocycles. The highest BCUT2D eigenvalue weighted by Gasteiger charge is 2.17. The lowest BCUT2D eigenvalue weighted by Crippen LogP contribution is -2.06. The van der Waals surface area contributed by atoms with E-state index in [9.17, 15) is 4.79 Å². The van der Waals surface area contributed by atoms with Crippen LogP contribution in [0.15, 0.2) is 25.0 Å². The Hall–Kier alpha value is -2.10. The molecule has 0 N–H and O–H groups in total. The number of ether oxygens (including phenoxy) is 1. The van der Waals surface area contributed by atoms with Crippen LogP contribution in [0.3, 0.4) is 0 Å². The van der Waals surface area contributed by atoms with E-state index in [1.807, 2.05) is 19.2 Å². The average molecular weight is 216 g/mol. The topological polar surface area (TPSA) is 44.1 Å². The Morgan fingerprint density at radius 3 is 2.94 bits per heavy atom. The lowest BCUT2D eigenvalue weighted by molar-refractivity contribution is 0.0602. The first-order valence-electron chi connectivity index (χ1n) is 4.83. The number of methoxy groups -OCH3 is 1. The maximum atomic E-state index is 11.7. The summed E-state index contributed by atoms with van der Waals surface area (Å²) >= 11 is 0. The molecule has 1 aromatic heterocycles. The molecule has 0 saturated heterocycles. The van der Waals surface area contributed by atoms with Gasteiger partial charge in [-0.3, -0.25) is 0 Å². The van der Waals surface area contributed by atoms with Gasteiger partial charge in [-0.25, -0.2) is 9.78 Å². The predicted octanol–water partition coefficient (Wildman–Crippen LogP) is 2.00. The van der Waals surface area contributed by atoms with Crippen molar-refractivity contribution in [3.63, 3.8) is 0 Å². The number of fused-ring (bicyclic) bond motifs is 1. The summed E-state index contributed by atoms with van der Waals surface area (Å²) < 4.78 is 6.58. The lowest BCUT2D eigenvalue weighted by Gasteiger charge is -2.06. The number of aromatic nitrogens is 2. The fourth-order valence-electron chi connectivity index (χ4n) is 1.75. The summed E-state index contributed by atoms with van der Waals surface area (Å²) in [5, 5.41) is 0. The van der Waals surface area contributed by atoms with Gasteiger partial charge in [0.05, 0.1) is 30.0 Å². The van der Waals surface area contributed by atoms with Crippen LogP contribution >= 0.6 is 0 Å². The zero-order valence-corrected chi connectivity index (χ0v) is 9.23. The predicted molar refractivity (Wildman–Crippen MR) is 62.1 cm³/mol.